The second-order valence-electron chi connectivity index (χ2n) is 2.66. The van der Waals surface area contributed by atoms with E-state index in [-0.39, 0.29) is 11.4 Å². The zero-order valence-corrected chi connectivity index (χ0v) is 7.83. The first-order valence-corrected chi connectivity index (χ1v) is 4.10. The number of non-ortho nitro benzene ring substituents is 1. The summed E-state index contributed by atoms with van der Waals surface area (Å²) in [6, 6.07) is 4.09. The van der Waals surface area contributed by atoms with Crippen molar-refractivity contribution >= 4 is 23.3 Å². The molecule has 0 saturated heterocycles. The van der Waals surface area contributed by atoms with E-state index in [0.717, 1.165) is 0 Å². The highest BCUT2D eigenvalue weighted by Crippen LogP contribution is 2.26. The van der Waals surface area contributed by atoms with Crippen LogP contribution in [-0.2, 0) is 0 Å². The Kier molecular flexibility index (Phi) is 3.39. The molecule has 78 valence electrons. The monoisotopic (exact) mass is 206 g/mol. The van der Waals surface area contributed by atoms with Gasteiger partial charge in [0.2, 0.25) is 0 Å². The molecule has 0 amide bonds. The van der Waals surface area contributed by atoms with Crippen LogP contribution in [0.25, 0.3) is 0 Å². The molecule has 6 heteroatoms. The molecule has 0 unspecified atom stereocenters. The minimum atomic E-state index is -0.510. The third kappa shape index (κ3) is 2.80. The van der Waals surface area contributed by atoms with Gasteiger partial charge in [-0.15, -0.1) is 0 Å². The number of rotatable bonds is 3. The van der Waals surface area contributed by atoms with Crippen molar-refractivity contribution in [1.29, 1.82) is 0 Å². The first-order chi connectivity index (χ1) is 7.15. The zero-order chi connectivity index (χ0) is 11.3. The van der Waals surface area contributed by atoms with Crippen LogP contribution in [0.3, 0.4) is 0 Å². The molecule has 0 heterocycles. The van der Waals surface area contributed by atoms with Crippen LogP contribution in [0.2, 0.25) is 0 Å². The van der Waals surface area contributed by atoms with E-state index in [0.29, 0.717) is 5.69 Å². The average molecular weight is 206 g/mol. The minimum absolute atomic E-state index is 0.0548. The van der Waals surface area contributed by atoms with Crippen LogP contribution in [0, 0.1) is 10.1 Å². The predicted molar refractivity (Wildman–Crippen MR) is 59.0 cm³/mol. The third-order valence-electron chi connectivity index (χ3n) is 1.63. The van der Waals surface area contributed by atoms with Crippen molar-refractivity contribution in [1.82, 2.24) is 0 Å². The molecule has 0 fully saturated rings. The van der Waals surface area contributed by atoms with E-state index in [1.165, 1.54) is 36.7 Å². The topological polar surface area (TPSA) is 108 Å². The zero-order valence-electron chi connectivity index (χ0n) is 7.83. The Bertz CT molecular complexity index is 426. The van der Waals surface area contributed by atoms with Crippen LogP contribution in [0.5, 0.6) is 0 Å². The molecule has 4 N–H and O–H groups in total. The molecule has 0 bridgehead atoms. The van der Waals surface area contributed by atoms with Crippen molar-refractivity contribution in [2.24, 2.45) is 10.7 Å². The van der Waals surface area contributed by atoms with E-state index in [4.69, 9.17) is 11.5 Å². The lowest BCUT2D eigenvalue weighted by Crippen LogP contribution is -1.91. The number of nitro benzene ring substituents is 1. The molecule has 0 aliphatic heterocycles. The Balaban J connectivity index is 2.98. The van der Waals surface area contributed by atoms with Crippen LogP contribution in [-0.4, -0.2) is 11.1 Å². The van der Waals surface area contributed by atoms with Gasteiger partial charge in [0.15, 0.2) is 0 Å². The lowest BCUT2D eigenvalue weighted by atomic mass is 10.2. The van der Waals surface area contributed by atoms with Gasteiger partial charge >= 0.3 is 0 Å². The molecule has 1 rings (SSSR count). The van der Waals surface area contributed by atoms with Gasteiger partial charge in [-0.25, -0.2) is 0 Å². The average Bonchev–Trinajstić information content (AvgIpc) is 2.20. The van der Waals surface area contributed by atoms with E-state index in [1.54, 1.807) is 0 Å². The Morgan fingerprint density at radius 1 is 1.47 bits per heavy atom. The second kappa shape index (κ2) is 4.75. The number of nitrogens with zero attached hydrogens (tertiary/aromatic N) is 2. The highest BCUT2D eigenvalue weighted by atomic mass is 16.6. The quantitative estimate of drug-likeness (QED) is 0.336. The second-order valence-corrected chi connectivity index (χ2v) is 2.66. The van der Waals surface area contributed by atoms with Gasteiger partial charge < -0.3 is 11.5 Å². The van der Waals surface area contributed by atoms with Crippen LogP contribution < -0.4 is 11.5 Å². The summed E-state index contributed by atoms with van der Waals surface area (Å²) in [7, 11) is 0. The Hall–Kier alpha value is -2.37. The lowest BCUT2D eigenvalue weighted by Gasteiger charge is -1.98. The predicted octanol–water partition coefficient (Wildman–Crippen LogP) is 1.35. The van der Waals surface area contributed by atoms with Gasteiger partial charge in [-0.1, -0.05) is 0 Å². The maximum Gasteiger partial charge on any atom is 0.271 e. The number of hydrogen-bond donors (Lipinski definition) is 2. The summed E-state index contributed by atoms with van der Waals surface area (Å²) in [6.45, 7) is 0. The summed E-state index contributed by atoms with van der Waals surface area (Å²) in [5.41, 5.74) is 11.3. The molecule has 6 nitrogen and oxygen atoms in total. The normalized spacial score (nSPS) is 11.2. The molecular formula is C9H10N4O2. The minimum Gasteiger partial charge on any atom is -0.405 e. The molecule has 0 spiro atoms. The standard InChI is InChI=1S/C9H10N4O2/c10-4-1-5-12-9-3-2-7(13(14)15)6-8(9)11/h1-6H,10-11H2. The van der Waals surface area contributed by atoms with Gasteiger partial charge in [0, 0.05) is 18.3 Å². The van der Waals surface area contributed by atoms with Crippen molar-refractivity contribution in [3.8, 4) is 0 Å². The van der Waals surface area contributed by atoms with Crippen molar-refractivity contribution < 1.29 is 4.92 Å². The molecule has 0 radical (unpaired) electrons. The lowest BCUT2D eigenvalue weighted by molar-refractivity contribution is -0.384. The molecule has 0 aliphatic carbocycles. The van der Waals surface area contributed by atoms with E-state index in [2.05, 4.69) is 4.99 Å². The van der Waals surface area contributed by atoms with Gasteiger partial charge in [-0.3, -0.25) is 15.1 Å². The Labute approximate surface area is 86.1 Å². The summed E-state index contributed by atoms with van der Waals surface area (Å²) in [6.07, 6.45) is 4.31. The van der Waals surface area contributed by atoms with Crippen molar-refractivity contribution in [2.45, 2.75) is 0 Å². The molecular weight excluding hydrogens is 196 g/mol. The largest absolute Gasteiger partial charge is 0.405 e. The molecule has 0 atom stereocenters. The van der Waals surface area contributed by atoms with E-state index < -0.39 is 4.92 Å². The molecule has 1 aromatic carbocycles. The number of nitro groups is 1. The highest BCUT2D eigenvalue weighted by molar-refractivity contribution is 5.78. The van der Waals surface area contributed by atoms with Gasteiger partial charge in [0.25, 0.3) is 5.69 Å². The van der Waals surface area contributed by atoms with Crippen molar-refractivity contribution in [2.75, 3.05) is 5.73 Å². The van der Waals surface area contributed by atoms with Gasteiger partial charge in [-0.2, -0.15) is 0 Å². The van der Waals surface area contributed by atoms with Crippen molar-refractivity contribution in [3.05, 3.63) is 40.6 Å². The molecule has 0 aliphatic rings. The van der Waals surface area contributed by atoms with E-state index in [1.807, 2.05) is 0 Å². The summed E-state index contributed by atoms with van der Waals surface area (Å²) < 4.78 is 0. The van der Waals surface area contributed by atoms with Crippen molar-refractivity contribution in [3.63, 3.8) is 0 Å². The fourth-order valence-electron chi connectivity index (χ4n) is 0.946. The van der Waals surface area contributed by atoms with E-state index in [9.17, 15) is 10.1 Å². The number of anilines is 1. The summed E-state index contributed by atoms with van der Waals surface area (Å²) in [5.74, 6) is 0. The fourth-order valence-corrected chi connectivity index (χ4v) is 0.946. The smallest absolute Gasteiger partial charge is 0.271 e. The number of allylic oxidation sites excluding steroid dienone is 1. The molecule has 0 aromatic heterocycles. The van der Waals surface area contributed by atoms with Crippen LogP contribution in [0.1, 0.15) is 0 Å². The number of hydrogen-bond acceptors (Lipinski definition) is 5. The fraction of sp³-hybridized carbons (Fsp3) is 0. The summed E-state index contributed by atoms with van der Waals surface area (Å²) >= 11 is 0. The van der Waals surface area contributed by atoms with Gasteiger partial charge in [0.1, 0.15) is 0 Å². The highest BCUT2D eigenvalue weighted by Gasteiger charge is 2.07. The maximum absolute atomic E-state index is 10.4. The van der Waals surface area contributed by atoms with Gasteiger partial charge in [-0.05, 0) is 18.3 Å². The van der Waals surface area contributed by atoms with Crippen LogP contribution in [0.4, 0.5) is 17.1 Å². The van der Waals surface area contributed by atoms with Crippen LogP contribution >= 0.6 is 0 Å². The number of nitrogens with two attached hydrogens (primary N) is 2. The third-order valence-corrected chi connectivity index (χ3v) is 1.63. The maximum atomic E-state index is 10.4. The SMILES string of the molecule is NC=CC=Nc1ccc([N+](=O)[O-])cc1N. The molecule has 1 aromatic rings. The molecule has 15 heavy (non-hydrogen) atoms. The van der Waals surface area contributed by atoms with E-state index >= 15 is 0 Å². The number of benzene rings is 1. The van der Waals surface area contributed by atoms with Crippen LogP contribution in [0.15, 0.2) is 35.5 Å². The summed E-state index contributed by atoms with van der Waals surface area (Å²) in [4.78, 5) is 13.9. The number of nitrogen functional groups attached to an aromatic ring is 1. The first kappa shape index (κ1) is 10.7. The Morgan fingerprint density at radius 2 is 2.20 bits per heavy atom. The number of aliphatic imine (C=N–C) groups is 1. The summed E-state index contributed by atoms with van der Waals surface area (Å²) in [5, 5.41) is 10.4. The Morgan fingerprint density at radius 3 is 2.73 bits per heavy atom. The molecule has 0 saturated carbocycles. The van der Waals surface area contributed by atoms with Gasteiger partial charge in [0.05, 0.1) is 16.3 Å². The first-order valence-electron chi connectivity index (χ1n) is 4.10.